The van der Waals surface area contributed by atoms with Gasteiger partial charge in [-0.1, -0.05) is 65.9 Å². The van der Waals surface area contributed by atoms with Crippen molar-refractivity contribution in [2.75, 3.05) is 111 Å². The number of ether oxygens (including phenoxy) is 6. The molecule has 4 heterocycles. The second kappa shape index (κ2) is 37.2. The first-order valence-electron chi connectivity index (χ1n) is 34.2. The van der Waals surface area contributed by atoms with Gasteiger partial charge in [0.1, 0.15) is 35.6 Å². The molecule has 0 bridgehead atoms. The fourth-order valence-corrected chi connectivity index (χ4v) is 12.9. The van der Waals surface area contributed by atoms with E-state index in [1.165, 1.54) is 6.07 Å². The monoisotopic (exact) mass is 1360 g/mol. The van der Waals surface area contributed by atoms with Crippen LogP contribution in [0.1, 0.15) is 166 Å². The Balaban J connectivity index is 0.641. The highest BCUT2D eigenvalue weighted by atomic mass is 16.6. The molecule has 8 N–H and O–H groups in total. The summed E-state index contributed by atoms with van der Waals surface area (Å²) >= 11 is 0. The largest absolute Gasteiger partial charge is 0.382 e. The maximum absolute atomic E-state index is 14.9. The summed E-state index contributed by atoms with van der Waals surface area (Å²) in [6.07, 6.45) is 11.4. The summed E-state index contributed by atoms with van der Waals surface area (Å²) in [5.74, 6) is -7.01. The number of carbonyl (C=O) groups is 12. The van der Waals surface area contributed by atoms with E-state index in [0.29, 0.717) is 90.7 Å². The first kappa shape index (κ1) is 74.9. The second-order valence-corrected chi connectivity index (χ2v) is 26.3. The van der Waals surface area contributed by atoms with Crippen molar-refractivity contribution >= 4 is 76.4 Å². The van der Waals surface area contributed by atoms with E-state index in [0.717, 1.165) is 62.2 Å². The molecule has 3 aliphatic heterocycles. The van der Waals surface area contributed by atoms with E-state index in [4.69, 9.17) is 28.4 Å². The quantitative estimate of drug-likeness (QED) is 0.0265. The molecule has 30 heteroatoms. The van der Waals surface area contributed by atoms with Gasteiger partial charge in [-0.25, -0.2) is 9.97 Å². The number of Topliss-reactive ketones (excluding diaryl/α,β-unsaturated/α-hetero) is 1. The van der Waals surface area contributed by atoms with Gasteiger partial charge in [-0.05, 0) is 86.7 Å². The molecule has 1 unspecified atom stereocenters. The summed E-state index contributed by atoms with van der Waals surface area (Å²) in [5, 5.41) is 22.2. The van der Waals surface area contributed by atoms with Gasteiger partial charge < -0.3 is 70.5 Å². The lowest BCUT2D eigenvalue weighted by Gasteiger charge is -2.38. The van der Waals surface area contributed by atoms with Gasteiger partial charge in [-0.15, -0.1) is 0 Å². The molecule has 7 atom stereocenters. The fourth-order valence-electron chi connectivity index (χ4n) is 12.9. The summed E-state index contributed by atoms with van der Waals surface area (Å²) in [6.45, 7) is 11.7. The molecule has 6 aliphatic rings. The van der Waals surface area contributed by atoms with Crippen LogP contribution in [0.5, 0.6) is 0 Å². The third kappa shape index (κ3) is 21.5. The number of rotatable bonds is 40. The first-order chi connectivity index (χ1) is 46.7. The van der Waals surface area contributed by atoms with Crippen molar-refractivity contribution in [3.05, 3.63) is 53.1 Å². The molecular formula is C67H96N12O18. The molecule has 5 fully saturated rings. The van der Waals surface area contributed by atoms with E-state index in [1.54, 1.807) is 17.0 Å². The van der Waals surface area contributed by atoms with Gasteiger partial charge in [-0.3, -0.25) is 67.8 Å². The SMILES string of the molecule is CCC[C@H](NC(=O)[C@@H]1[C@H]2CCC[C@H]2CN1C(=O)[C@@H](NC(=O)[C@@H](NC(=O)c1cnc(C(=O)NCCOCCOCCNC(=O)CCOCCOCCOCCOCCNc2cccc3c2C(=O)N(C2CCC(=O)NC2=O)C3=O)cn1)C1CCCCC1)C(C)(C)C)C(=O)C(=O)NC1CC1. The van der Waals surface area contributed by atoms with Gasteiger partial charge in [0, 0.05) is 50.7 Å². The Morgan fingerprint density at radius 3 is 1.90 bits per heavy atom. The number of hydrogen-bond donors (Lipinski definition) is 8. The van der Waals surface area contributed by atoms with E-state index in [2.05, 4.69) is 52.5 Å². The molecule has 97 heavy (non-hydrogen) atoms. The van der Waals surface area contributed by atoms with Crippen LogP contribution in [0.25, 0.3) is 0 Å². The molecule has 0 radical (unpaired) electrons. The number of hydrogen-bond acceptors (Lipinski definition) is 21. The number of aromatic nitrogens is 2. The van der Waals surface area contributed by atoms with E-state index >= 15 is 0 Å². The lowest BCUT2D eigenvalue weighted by Crippen LogP contribution is -2.62. The number of likely N-dealkylation sites (tertiary alicyclic amines) is 1. The highest BCUT2D eigenvalue weighted by molar-refractivity contribution is 6.38. The van der Waals surface area contributed by atoms with Crippen LogP contribution in [0.15, 0.2) is 30.6 Å². The van der Waals surface area contributed by atoms with Crippen molar-refractivity contribution in [1.82, 2.24) is 57.0 Å². The Bertz CT molecular complexity index is 3100. The van der Waals surface area contributed by atoms with Crippen LogP contribution in [0, 0.1) is 23.2 Å². The van der Waals surface area contributed by atoms with Crippen molar-refractivity contribution in [3.8, 4) is 0 Å². The van der Waals surface area contributed by atoms with Gasteiger partial charge in [0.05, 0.1) is 109 Å². The van der Waals surface area contributed by atoms with Crippen LogP contribution in [0.3, 0.4) is 0 Å². The molecule has 3 saturated carbocycles. The van der Waals surface area contributed by atoms with Crippen LogP contribution in [-0.4, -0.2) is 232 Å². The minimum atomic E-state index is -1.10. The maximum Gasteiger partial charge on any atom is 0.289 e. The Kier molecular flexibility index (Phi) is 28.7. The van der Waals surface area contributed by atoms with E-state index in [9.17, 15) is 57.5 Å². The Hall–Kier alpha value is -7.90. The molecule has 1 aromatic carbocycles. The zero-order chi connectivity index (χ0) is 69.4. The number of amides is 11. The number of imide groups is 2. The summed E-state index contributed by atoms with van der Waals surface area (Å²) in [4.78, 5) is 170. The van der Waals surface area contributed by atoms with Crippen molar-refractivity contribution < 1.29 is 86.0 Å². The van der Waals surface area contributed by atoms with Gasteiger partial charge >= 0.3 is 0 Å². The van der Waals surface area contributed by atoms with Crippen molar-refractivity contribution in [2.24, 2.45) is 23.2 Å². The summed E-state index contributed by atoms with van der Waals surface area (Å²) in [5.41, 5.74) is -0.213. The molecule has 0 spiro atoms. The Labute approximate surface area is 564 Å². The first-order valence-corrected chi connectivity index (χ1v) is 34.2. The van der Waals surface area contributed by atoms with E-state index in [-0.39, 0.29) is 124 Å². The Morgan fingerprint density at radius 1 is 0.660 bits per heavy atom. The lowest BCUT2D eigenvalue weighted by molar-refractivity contribution is -0.146. The number of nitrogens with zero attached hydrogens (tertiary/aromatic N) is 4. The molecule has 2 aromatic rings. The summed E-state index contributed by atoms with van der Waals surface area (Å²) in [7, 11) is 0. The standard InChI is InChI=1S/C67H96N12O18/c1-5-11-47(56(82)63(88)73-43-18-19-43)74-62(87)55-44-15-9-14-42(44)40-78(55)66(91)57(67(2,3)4)77-61(86)54(41-12-7-6-8-13-41)76-59(84)49-39-71-48(38-72-49)58(83)70-25-29-95-32-31-94-28-24-69-51(80)22-26-92-30-34-96-36-37-97-35-33-93-27-23-68-46-17-10-16-45-53(46)65(90)79(64(45)89)50-20-21-52(81)75-60(50)85/h10,16-17,38-39,41-44,47,50,54-55,57,68H,5-9,11-15,18-37,40H2,1-4H3,(H,69,80)(H,70,83)(H,73,88)(H,74,87)(H,76,84)(H,77,86)(H,75,81,85)/t42-,44-,47-,50?,54-,55-,57+/m0/s1. The van der Waals surface area contributed by atoms with Gasteiger partial charge in [0.2, 0.25) is 41.2 Å². The number of fused-ring (bicyclic) bond motifs is 2. The number of nitrogens with one attached hydrogen (secondary N) is 8. The number of ketones is 1. The van der Waals surface area contributed by atoms with Crippen LogP contribution >= 0.6 is 0 Å². The van der Waals surface area contributed by atoms with Crippen molar-refractivity contribution in [3.63, 3.8) is 0 Å². The molecule has 3 aliphatic carbocycles. The summed E-state index contributed by atoms with van der Waals surface area (Å²) < 4.78 is 33.3. The molecule has 30 nitrogen and oxygen atoms in total. The van der Waals surface area contributed by atoms with Gasteiger partial charge in [0.25, 0.3) is 29.5 Å². The van der Waals surface area contributed by atoms with E-state index < -0.39 is 100 Å². The minimum Gasteiger partial charge on any atom is -0.382 e. The Morgan fingerprint density at radius 2 is 1.28 bits per heavy atom. The molecule has 2 saturated heterocycles. The van der Waals surface area contributed by atoms with Crippen LogP contribution < -0.4 is 42.5 Å². The number of carbonyl (C=O) groups excluding carboxylic acids is 12. The van der Waals surface area contributed by atoms with Crippen LogP contribution in [0.4, 0.5) is 5.69 Å². The predicted molar refractivity (Wildman–Crippen MR) is 347 cm³/mol. The second-order valence-electron chi connectivity index (χ2n) is 26.3. The van der Waals surface area contributed by atoms with Crippen molar-refractivity contribution in [2.45, 2.75) is 160 Å². The zero-order valence-corrected chi connectivity index (χ0v) is 56.1. The molecule has 11 amide bonds. The third-order valence-corrected chi connectivity index (χ3v) is 18.1. The number of piperidine rings is 1. The highest BCUT2D eigenvalue weighted by Gasteiger charge is 2.53. The van der Waals surface area contributed by atoms with E-state index in [1.807, 2.05) is 27.7 Å². The number of anilines is 1. The van der Waals surface area contributed by atoms with Gasteiger partial charge in [-0.2, -0.15) is 0 Å². The maximum atomic E-state index is 14.9. The van der Waals surface area contributed by atoms with Crippen molar-refractivity contribution in [1.29, 1.82) is 0 Å². The normalized spacial score (nSPS) is 20.2. The van der Waals surface area contributed by atoms with Gasteiger partial charge in [0.15, 0.2) is 0 Å². The lowest BCUT2D eigenvalue weighted by atomic mass is 9.82. The minimum absolute atomic E-state index is 0.0331. The molecular weight excluding hydrogens is 1260 g/mol. The topological polar surface area (TPSA) is 389 Å². The zero-order valence-electron chi connectivity index (χ0n) is 56.1. The van der Waals surface area contributed by atoms with Crippen LogP contribution in [-0.2, 0) is 66.8 Å². The predicted octanol–water partition coefficient (Wildman–Crippen LogP) is 1.29. The average Bonchev–Trinajstić information content (AvgIpc) is 1.62. The summed E-state index contributed by atoms with van der Waals surface area (Å²) in [6, 6.07) is -0.342. The highest BCUT2D eigenvalue weighted by Crippen LogP contribution is 2.43. The third-order valence-electron chi connectivity index (χ3n) is 18.1. The number of benzene rings is 1. The molecule has 8 rings (SSSR count). The smallest absolute Gasteiger partial charge is 0.289 e. The molecule has 1 aromatic heterocycles. The molecule has 532 valence electrons. The average molecular weight is 1360 g/mol. The fraction of sp³-hybridized carbons (Fsp3) is 0.672. The van der Waals surface area contributed by atoms with Crippen LogP contribution in [0.2, 0.25) is 0 Å².